The van der Waals surface area contributed by atoms with E-state index in [-0.39, 0.29) is 78.6 Å². The number of rotatable bonds is 4. The first-order valence-electron chi connectivity index (χ1n) is 18.2. The van der Waals surface area contributed by atoms with Gasteiger partial charge in [0.1, 0.15) is 0 Å². The van der Waals surface area contributed by atoms with Gasteiger partial charge in [-0.05, 0) is 114 Å². The van der Waals surface area contributed by atoms with E-state index >= 15 is 0 Å². The zero-order chi connectivity index (χ0) is 35.0. The second-order valence-electron chi connectivity index (χ2n) is 18.8. The standard InChI is InChI=1S/C48H58.2ClH.Zr/c1-30-25-36(47(8,9)10)29-38(30)43-41(32-17-15-14-16-18-32)42-37-24-23-35(46(5,6)7)27-33(37)28-39(42)40(44(43)48(11,12)13)26-31-19-21-34(22-20-31)45(2,3)4;;;/h14-25,27,29,38H,26,28H2,1-13H3;2*1H;/q;;;+2/p-2. The van der Waals surface area contributed by atoms with Crippen molar-refractivity contribution in [3.8, 4) is 22.3 Å². The molecule has 2 aliphatic rings. The summed E-state index contributed by atoms with van der Waals surface area (Å²) in [5.74, 6) is 0.230. The van der Waals surface area contributed by atoms with Crippen LogP contribution in [-0.2, 0) is 55.3 Å². The van der Waals surface area contributed by atoms with Gasteiger partial charge in [0.15, 0.2) is 0 Å². The zero-order valence-corrected chi connectivity index (χ0v) is 37.3. The van der Waals surface area contributed by atoms with E-state index in [0.717, 1.165) is 12.8 Å². The minimum Gasteiger partial charge on any atom is -1.00 e. The topological polar surface area (TPSA) is 0 Å². The summed E-state index contributed by atoms with van der Waals surface area (Å²) in [5.41, 5.74) is 20.6. The number of allylic oxidation sites excluding steroid dienone is 4. The van der Waals surface area contributed by atoms with Crippen LogP contribution in [0.2, 0.25) is 0 Å². The molecule has 1 unspecified atom stereocenters. The first-order chi connectivity index (χ1) is 22.2. The van der Waals surface area contributed by atoms with Crippen LogP contribution >= 0.6 is 0 Å². The molecule has 4 aromatic carbocycles. The summed E-state index contributed by atoms with van der Waals surface area (Å²) < 4.78 is 0. The van der Waals surface area contributed by atoms with Crippen molar-refractivity contribution in [2.45, 2.75) is 125 Å². The number of fused-ring (bicyclic) bond motifs is 3. The van der Waals surface area contributed by atoms with Gasteiger partial charge in [-0.1, -0.05) is 174 Å². The van der Waals surface area contributed by atoms with Gasteiger partial charge in [-0.2, -0.15) is 0 Å². The quantitative estimate of drug-likeness (QED) is 0.178. The number of benzene rings is 4. The fourth-order valence-corrected chi connectivity index (χ4v) is 8.07. The molecule has 0 nitrogen and oxygen atoms in total. The molecular weight excluding hydrogens is 739 g/mol. The summed E-state index contributed by atoms with van der Waals surface area (Å²) in [6.45, 7) is 30.7. The molecule has 268 valence electrons. The Balaban J connectivity index is 0.00000234. The third-order valence-electron chi connectivity index (χ3n) is 10.8. The van der Waals surface area contributed by atoms with Crippen molar-refractivity contribution in [1.82, 2.24) is 0 Å². The van der Waals surface area contributed by atoms with Crippen LogP contribution < -0.4 is 24.8 Å². The molecule has 0 N–H and O–H groups in total. The predicted molar refractivity (Wildman–Crippen MR) is 210 cm³/mol. The molecule has 0 spiro atoms. The van der Waals surface area contributed by atoms with E-state index in [0.29, 0.717) is 0 Å². The van der Waals surface area contributed by atoms with Crippen molar-refractivity contribution in [2.24, 2.45) is 5.41 Å². The Hall–Kier alpha value is -2.18. The van der Waals surface area contributed by atoms with Crippen LogP contribution in [0.15, 0.2) is 96.1 Å². The molecule has 0 radical (unpaired) electrons. The van der Waals surface area contributed by atoms with Gasteiger partial charge in [-0.3, -0.25) is 0 Å². The number of halogens is 2. The maximum atomic E-state index is 2.60. The smallest absolute Gasteiger partial charge is 1.00 e. The Kier molecular flexibility index (Phi) is 13.0. The van der Waals surface area contributed by atoms with Gasteiger partial charge >= 0.3 is 26.2 Å². The third-order valence-corrected chi connectivity index (χ3v) is 10.8. The number of hydrogen-bond acceptors (Lipinski definition) is 0. The van der Waals surface area contributed by atoms with Crippen molar-refractivity contribution < 1.29 is 51.0 Å². The SMILES string of the molecule is CC1=CC(C(C)(C)C)=CC1c1c(-c2ccccc2)c2c(c(Cc3ccc(C(C)(C)C)cc3)c1C(C)(C)C)Cc1cc(C(C)(C)C)ccc1-2.[Cl-].[Cl-].[Zr+2]. The normalized spacial score (nSPS) is 15.5. The van der Waals surface area contributed by atoms with E-state index in [1.54, 1.807) is 0 Å². The Morgan fingerprint density at radius 1 is 0.627 bits per heavy atom. The average molecular weight is 797 g/mol. The van der Waals surface area contributed by atoms with Crippen molar-refractivity contribution in [3.05, 3.63) is 141 Å². The molecule has 0 saturated carbocycles. The molecule has 51 heavy (non-hydrogen) atoms. The minimum atomic E-state index is -0.0570. The van der Waals surface area contributed by atoms with Gasteiger partial charge in [0.2, 0.25) is 0 Å². The monoisotopic (exact) mass is 794 g/mol. The zero-order valence-electron chi connectivity index (χ0n) is 33.3. The second kappa shape index (κ2) is 15.3. The predicted octanol–water partition coefficient (Wildman–Crippen LogP) is 7.43. The first kappa shape index (κ1) is 43.2. The third kappa shape index (κ3) is 8.48. The van der Waals surface area contributed by atoms with E-state index in [4.69, 9.17) is 0 Å². The molecule has 0 saturated heterocycles. The van der Waals surface area contributed by atoms with Crippen LogP contribution in [0.1, 0.15) is 140 Å². The summed E-state index contributed by atoms with van der Waals surface area (Å²) in [6, 6.07) is 28.2. The Labute approximate surface area is 342 Å². The fraction of sp³-hybridized carbons (Fsp3) is 0.417. The molecular formula is C48H58Cl2Zr. The summed E-state index contributed by atoms with van der Waals surface area (Å²) in [6.07, 6.45) is 7.00. The Morgan fingerprint density at radius 2 is 1.20 bits per heavy atom. The van der Waals surface area contributed by atoms with Crippen LogP contribution in [-0.4, -0.2) is 0 Å². The summed E-state index contributed by atoms with van der Waals surface area (Å²) in [4.78, 5) is 0. The summed E-state index contributed by atoms with van der Waals surface area (Å²) >= 11 is 0. The molecule has 3 heteroatoms. The molecule has 6 rings (SSSR count). The van der Waals surface area contributed by atoms with E-state index < -0.39 is 0 Å². The Morgan fingerprint density at radius 3 is 1.71 bits per heavy atom. The van der Waals surface area contributed by atoms with E-state index in [1.165, 1.54) is 77.9 Å². The van der Waals surface area contributed by atoms with Gasteiger partial charge in [0.25, 0.3) is 0 Å². The van der Waals surface area contributed by atoms with E-state index in [9.17, 15) is 0 Å². The Bertz CT molecular complexity index is 1930. The maximum Gasteiger partial charge on any atom is 2.00 e. The van der Waals surface area contributed by atoms with Gasteiger partial charge in [-0.25, -0.2) is 0 Å². The molecule has 0 aliphatic heterocycles. The molecule has 0 aromatic heterocycles. The second-order valence-corrected chi connectivity index (χ2v) is 18.8. The number of hydrogen-bond donors (Lipinski definition) is 0. The van der Waals surface area contributed by atoms with Crippen molar-refractivity contribution in [2.75, 3.05) is 0 Å². The van der Waals surface area contributed by atoms with E-state index in [1.807, 2.05) is 0 Å². The van der Waals surface area contributed by atoms with Crippen LogP contribution in [0.5, 0.6) is 0 Å². The summed E-state index contributed by atoms with van der Waals surface area (Å²) in [5, 5.41) is 0. The molecule has 0 heterocycles. The van der Waals surface area contributed by atoms with Crippen molar-refractivity contribution in [3.63, 3.8) is 0 Å². The molecule has 0 fully saturated rings. The van der Waals surface area contributed by atoms with Gasteiger partial charge in [0.05, 0.1) is 0 Å². The molecule has 1 atom stereocenters. The fourth-order valence-electron chi connectivity index (χ4n) is 8.07. The van der Waals surface area contributed by atoms with Gasteiger partial charge in [-0.15, -0.1) is 0 Å². The van der Waals surface area contributed by atoms with Crippen LogP contribution in [0.4, 0.5) is 0 Å². The van der Waals surface area contributed by atoms with Crippen molar-refractivity contribution in [1.29, 1.82) is 0 Å². The molecule has 2 aliphatic carbocycles. The minimum absolute atomic E-state index is 0. The van der Waals surface area contributed by atoms with Crippen molar-refractivity contribution >= 4 is 0 Å². The van der Waals surface area contributed by atoms with Crippen LogP contribution in [0, 0.1) is 5.41 Å². The maximum absolute atomic E-state index is 2.60. The average Bonchev–Trinajstić information content (AvgIpc) is 3.56. The molecule has 0 amide bonds. The summed E-state index contributed by atoms with van der Waals surface area (Å²) in [7, 11) is 0. The molecule has 0 bridgehead atoms. The largest absolute Gasteiger partial charge is 2.00 e. The van der Waals surface area contributed by atoms with Gasteiger partial charge < -0.3 is 24.8 Å². The van der Waals surface area contributed by atoms with Gasteiger partial charge in [0, 0.05) is 5.92 Å². The molecule has 4 aromatic rings. The van der Waals surface area contributed by atoms with Crippen LogP contribution in [0.25, 0.3) is 22.3 Å². The van der Waals surface area contributed by atoms with Crippen LogP contribution in [0.3, 0.4) is 0 Å². The van der Waals surface area contributed by atoms with E-state index in [2.05, 4.69) is 175 Å². The first-order valence-corrected chi connectivity index (χ1v) is 18.2.